The van der Waals surface area contributed by atoms with Crippen molar-refractivity contribution in [3.05, 3.63) is 0 Å². The van der Waals surface area contributed by atoms with Crippen LogP contribution in [0.2, 0.25) is 0 Å². The van der Waals surface area contributed by atoms with Gasteiger partial charge in [-0.1, -0.05) is 0 Å². The first-order valence-electron chi connectivity index (χ1n) is 3.57. The number of rotatable bonds is 3. The molecule has 0 saturated carbocycles. The molecule has 2 N–H and O–H groups in total. The average Bonchev–Trinajstić information content (AvgIpc) is 1.49. The monoisotopic (exact) mass is 186 g/mol. The second kappa shape index (κ2) is 3.62. The molecule has 5 heteroatoms. The highest BCUT2D eigenvalue weighted by molar-refractivity contribution is 4.72. The van der Waals surface area contributed by atoms with Crippen LogP contribution in [0.3, 0.4) is 0 Å². The van der Waals surface area contributed by atoms with E-state index in [1.807, 2.05) is 0 Å². The van der Waals surface area contributed by atoms with Crippen molar-refractivity contribution in [2.75, 3.05) is 0 Å². The first-order valence-corrected chi connectivity index (χ1v) is 3.57. The van der Waals surface area contributed by atoms with Crippen LogP contribution in [0.4, 0.5) is 13.2 Å². The van der Waals surface area contributed by atoms with Crippen molar-refractivity contribution >= 4 is 0 Å². The summed E-state index contributed by atoms with van der Waals surface area (Å²) >= 11 is 0. The summed E-state index contributed by atoms with van der Waals surface area (Å²) < 4.78 is 34.9. The van der Waals surface area contributed by atoms with E-state index < -0.39 is 24.3 Å². The number of hydrogen-bond donors (Lipinski definition) is 2. The summed E-state index contributed by atoms with van der Waals surface area (Å²) in [5, 5.41) is 17.9. The van der Waals surface area contributed by atoms with E-state index in [2.05, 4.69) is 0 Å². The molecule has 2 nitrogen and oxygen atoms in total. The molecule has 0 rings (SSSR count). The Labute approximate surface area is 69.0 Å². The van der Waals surface area contributed by atoms with Gasteiger partial charge in [0.2, 0.25) is 0 Å². The fourth-order valence-corrected chi connectivity index (χ4v) is 0.916. The van der Waals surface area contributed by atoms with Gasteiger partial charge in [0.15, 0.2) is 0 Å². The Hall–Kier alpha value is -0.290. The maximum Gasteiger partial charge on any atom is 0.391 e. The molecule has 0 saturated heterocycles. The predicted molar refractivity (Wildman–Crippen MR) is 37.6 cm³/mol. The van der Waals surface area contributed by atoms with E-state index >= 15 is 0 Å². The molecule has 0 aliphatic heterocycles. The fourth-order valence-electron chi connectivity index (χ4n) is 0.916. The Morgan fingerprint density at radius 2 is 1.58 bits per heavy atom. The number of alkyl halides is 3. The highest BCUT2D eigenvalue weighted by atomic mass is 19.4. The van der Waals surface area contributed by atoms with Crippen molar-refractivity contribution in [2.45, 2.75) is 44.6 Å². The molecule has 1 atom stereocenters. The molecule has 0 aliphatic carbocycles. The highest BCUT2D eigenvalue weighted by Gasteiger charge is 2.33. The van der Waals surface area contributed by atoms with Crippen LogP contribution >= 0.6 is 0 Å². The second-order valence-corrected chi connectivity index (χ2v) is 3.49. The normalized spacial score (nSPS) is 16.2. The highest BCUT2D eigenvalue weighted by Crippen LogP contribution is 2.25. The number of aliphatic hydroxyl groups is 2. The van der Waals surface area contributed by atoms with Crippen molar-refractivity contribution in [1.29, 1.82) is 0 Å². The smallest absolute Gasteiger partial charge is 0.391 e. The van der Waals surface area contributed by atoms with Crippen LogP contribution < -0.4 is 0 Å². The SMILES string of the molecule is CC(C)(O)CC(O)CC(F)(F)F. The molecule has 0 aliphatic rings. The van der Waals surface area contributed by atoms with Gasteiger partial charge in [-0.25, -0.2) is 0 Å². The van der Waals surface area contributed by atoms with E-state index in [9.17, 15) is 13.2 Å². The van der Waals surface area contributed by atoms with Crippen LogP contribution in [0, 0.1) is 0 Å². The topological polar surface area (TPSA) is 40.5 Å². The first kappa shape index (κ1) is 11.7. The maximum atomic E-state index is 11.6. The van der Waals surface area contributed by atoms with Crippen molar-refractivity contribution in [3.63, 3.8) is 0 Å². The predicted octanol–water partition coefficient (Wildman–Crippen LogP) is 1.46. The third-order valence-electron chi connectivity index (χ3n) is 1.20. The van der Waals surface area contributed by atoms with Gasteiger partial charge < -0.3 is 10.2 Å². The molecule has 0 aromatic heterocycles. The van der Waals surface area contributed by atoms with E-state index in [-0.39, 0.29) is 6.42 Å². The lowest BCUT2D eigenvalue weighted by Crippen LogP contribution is -2.29. The first-order chi connectivity index (χ1) is 5.10. The van der Waals surface area contributed by atoms with Crippen molar-refractivity contribution < 1.29 is 23.4 Å². The lowest BCUT2D eigenvalue weighted by Gasteiger charge is -2.21. The molecule has 0 aromatic carbocycles. The lowest BCUT2D eigenvalue weighted by atomic mass is 9.99. The van der Waals surface area contributed by atoms with E-state index in [1.165, 1.54) is 13.8 Å². The zero-order chi connectivity index (χ0) is 9.99. The van der Waals surface area contributed by atoms with E-state index in [0.29, 0.717) is 0 Å². The molecule has 1 unspecified atom stereocenters. The quantitative estimate of drug-likeness (QED) is 0.700. The van der Waals surface area contributed by atoms with Gasteiger partial charge in [0.1, 0.15) is 0 Å². The Morgan fingerprint density at radius 3 is 1.83 bits per heavy atom. The molecule has 0 bridgehead atoms. The van der Waals surface area contributed by atoms with Gasteiger partial charge in [0, 0.05) is 6.42 Å². The summed E-state index contributed by atoms with van der Waals surface area (Å²) in [4.78, 5) is 0. The Morgan fingerprint density at radius 1 is 1.17 bits per heavy atom. The third kappa shape index (κ3) is 7.81. The zero-order valence-electron chi connectivity index (χ0n) is 7.02. The van der Waals surface area contributed by atoms with Gasteiger partial charge in [-0.05, 0) is 13.8 Å². The van der Waals surface area contributed by atoms with Crippen LogP contribution in [0.15, 0.2) is 0 Å². The van der Waals surface area contributed by atoms with Crippen LogP contribution in [-0.2, 0) is 0 Å². The van der Waals surface area contributed by atoms with Gasteiger partial charge in [-0.2, -0.15) is 13.2 Å². The van der Waals surface area contributed by atoms with Crippen LogP contribution in [-0.4, -0.2) is 28.1 Å². The van der Waals surface area contributed by atoms with E-state index in [1.54, 1.807) is 0 Å². The van der Waals surface area contributed by atoms with Crippen LogP contribution in [0.25, 0.3) is 0 Å². The summed E-state index contributed by atoms with van der Waals surface area (Å²) in [6.45, 7) is 2.71. The van der Waals surface area contributed by atoms with E-state index in [0.717, 1.165) is 0 Å². The van der Waals surface area contributed by atoms with Gasteiger partial charge in [0.25, 0.3) is 0 Å². The summed E-state index contributed by atoms with van der Waals surface area (Å²) in [6.07, 6.45) is -7.43. The van der Waals surface area contributed by atoms with Gasteiger partial charge in [0.05, 0.1) is 18.1 Å². The fraction of sp³-hybridized carbons (Fsp3) is 1.00. The van der Waals surface area contributed by atoms with Gasteiger partial charge >= 0.3 is 6.18 Å². The average molecular weight is 186 g/mol. The summed E-state index contributed by atoms with van der Waals surface area (Å²) in [7, 11) is 0. The van der Waals surface area contributed by atoms with Crippen LogP contribution in [0.1, 0.15) is 26.7 Å². The largest absolute Gasteiger partial charge is 0.393 e. The minimum atomic E-state index is -4.37. The Bertz CT molecular complexity index is 121. The molecular formula is C7H13F3O2. The molecule has 0 aromatic rings. The van der Waals surface area contributed by atoms with Crippen molar-refractivity contribution in [3.8, 4) is 0 Å². The minimum absolute atomic E-state index is 0.271. The minimum Gasteiger partial charge on any atom is -0.393 e. The summed E-state index contributed by atoms with van der Waals surface area (Å²) in [5.41, 5.74) is -1.26. The molecule has 12 heavy (non-hydrogen) atoms. The second-order valence-electron chi connectivity index (χ2n) is 3.49. The molecule has 0 fully saturated rings. The molecule has 0 heterocycles. The van der Waals surface area contributed by atoms with Crippen LogP contribution in [0.5, 0.6) is 0 Å². The summed E-state index contributed by atoms with van der Waals surface area (Å²) in [5.74, 6) is 0. The molecule has 0 amide bonds. The third-order valence-corrected chi connectivity index (χ3v) is 1.20. The number of halogens is 3. The van der Waals surface area contributed by atoms with Crippen molar-refractivity contribution in [1.82, 2.24) is 0 Å². The maximum absolute atomic E-state index is 11.6. The van der Waals surface area contributed by atoms with Gasteiger partial charge in [-0.3, -0.25) is 0 Å². The molecular weight excluding hydrogens is 173 g/mol. The number of hydrogen-bond acceptors (Lipinski definition) is 2. The number of aliphatic hydroxyl groups excluding tert-OH is 1. The van der Waals surface area contributed by atoms with Gasteiger partial charge in [-0.15, -0.1) is 0 Å². The summed E-state index contributed by atoms with van der Waals surface area (Å²) in [6, 6.07) is 0. The zero-order valence-corrected chi connectivity index (χ0v) is 7.02. The lowest BCUT2D eigenvalue weighted by molar-refractivity contribution is -0.158. The Kier molecular flexibility index (Phi) is 3.53. The standard InChI is InChI=1S/C7H13F3O2/c1-6(2,12)3-5(11)4-7(8,9)10/h5,11-12H,3-4H2,1-2H3. The van der Waals surface area contributed by atoms with E-state index in [4.69, 9.17) is 10.2 Å². The Balaban J connectivity index is 3.83. The molecule has 74 valence electrons. The van der Waals surface area contributed by atoms with Crippen molar-refractivity contribution in [2.24, 2.45) is 0 Å². The molecule has 0 spiro atoms. The molecule has 0 radical (unpaired) electrons.